The quantitative estimate of drug-likeness (QED) is 0.443. The largest absolute Gasteiger partial charge is 0.481 e. The fourth-order valence-electron chi connectivity index (χ4n) is 1.16. The molecule has 0 bridgehead atoms. The summed E-state index contributed by atoms with van der Waals surface area (Å²) in [7, 11) is 0. The Kier molecular flexibility index (Phi) is 3.68. The van der Waals surface area contributed by atoms with Crippen LogP contribution >= 0.6 is 0 Å². The summed E-state index contributed by atoms with van der Waals surface area (Å²) in [5.74, 6) is 5.34. The van der Waals surface area contributed by atoms with Gasteiger partial charge in [-0.1, -0.05) is 6.07 Å². The minimum absolute atomic E-state index is 0.340. The standard InChI is InChI=1S/C11H16N2O2/c1-7-4-5-10(6-8(7)2)15-9(3)11(14)13-12/h4-6,9H,12H2,1-3H3,(H,13,14)/t9-/m1/s1. The van der Waals surface area contributed by atoms with Crippen LogP contribution in [-0.2, 0) is 4.79 Å². The van der Waals surface area contributed by atoms with E-state index in [0.717, 1.165) is 5.56 Å². The van der Waals surface area contributed by atoms with E-state index in [-0.39, 0.29) is 5.91 Å². The molecule has 0 aliphatic carbocycles. The number of nitrogens with two attached hydrogens (primary N) is 1. The topological polar surface area (TPSA) is 64.3 Å². The number of carbonyl (C=O) groups is 1. The van der Waals surface area contributed by atoms with Crippen LogP contribution in [-0.4, -0.2) is 12.0 Å². The van der Waals surface area contributed by atoms with Crippen LogP contribution in [0.4, 0.5) is 0 Å². The van der Waals surface area contributed by atoms with Crippen LogP contribution in [0.15, 0.2) is 18.2 Å². The normalized spacial score (nSPS) is 12.0. The second kappa shape index (κ2) is 4.79. The van der Waals surface area contributed by atoms with Gasteiger partial charge in [0.1, 0.15) is 5.75 Å². The lowest BCUT2D eigenvalue weighted by Gasteiger charge is -2.13. The van der Waals surface area contributed by atoms with Crippen molar-refractivity contribution in [1.82, 2.24) is 5.43 Å². The van der Waals surface area contributed by atoms with Crippen molar-refractivity contribution in [2.45, 2.75) is 26.9 Å². The Balaban J connectivity index is 2.73. The maximum atomic E-state index is 11.1. The highest BCUT2D eigenvalue weighted by Crippen LogP contribution is 2.17. The molecule has 0 aliphatic heterocycles. The molecule has 0 heterocycles. The molecular weight excluding hydrogens is 192 g/mol. The van der Waals surface area contributed by atoms with Crippen LogP contribution in [0, 0.1) is 13.8 Å². The molecule has 3 N–H and O–H groups in total. The van der Waals surface area contributed by atoms with Gasteiger partial charge in [-0.2, -0.15) is 0 Å². The van der Waals surface area contributed by atoms with E-state index in [0.29, 0.717) is 5.75 Å². The molecule has 0 saturated heterocycles. The number of hydrogen-bond acceptors (Lipinski definition) is 3. The fourth-order valence-corrected chi connectivity index (χ4v) is 1.16. The number of hydrogen-bond donors (Lipinski definition) is 2. The zero-order valence-electron chi connectivity index (χ0n) is 9.20. The summed E-state index contributed by atoms with van der Waals surface area (Å²) in [5.41, 5.74) is 4.37. The zero-order chi connectivity index (χ0) is 11.4. The van der Waals surface area contributed by atoms with Crippen molar-refractivity contribution in [1.29, 1.82) is 0 Å². The highest BCUT2D eigenvalue weighted by atomic mass is 16.5. The average molecular weight is 208 g/mol. The predicted octanol–water partition coefficient (Wildman–Crippen LogP) is 1.06. The molecule has 4 heteroatoms. The Hall–Kier alpha value is -1.55. The molecule has 1 aromatic carbocycles. The van der Waals surface area contributed by atoms with Gasteiger partial charge in [-0.05, 0) is 44.0 Å². The minimum atomic E-state index is -0.586. The molecule has 15 heavy (non-hydrogen) atoms. The molecule has 0 saturated carbocycles. The fraction of sp³-hybridized carbons (Fsp3) is 0.364. The molecule has 1 rings (SSSR count). The van der Waals surface area contributed by atoms with Gasteiger partial charge in [-0.15, -0.1) is 0 Å². The van der Waals surface area contributed by atoms with Gasteiger partial charge in [0.25, 0.3) is 5.91 Å². The van der Waals surface area contributed by atoms with Gasteiger partial charge in [0, 0.05) is 0 Å². The van der Waals surface area contributed by atoms with Gasteiger partial charge in [-0.25, -0.2) is 5.84 Å². The van der Waals surface area contributed by atoms with Gasteiger partial charge in [0.05, 0.1) is 0 Å². The number of rotatable bonds is 3. The number of nitrogens with one attached hydrogen (secondary N) is 1. The third kappa shape index (κ3) is 2.95. The molecule has 4 nitrogen and oxygen atoms in total. The summed E-state index contributed by atoms with van der Waals surface area (Å²) < 4.78 is 5.41. The van der Waals surface area contributed by atoms with E-state index in [1.165, 1.54) is 5.56 Å². The molecule has 0 spiro atoms. The molecule has 1 atom stereocenters. The second-order valence-corrected chi connectivity index (χ2v) is 3.51. The second-order valence-electron chi connectivity index (χ2n) is 3.51. The summed E-state index contributed by atoms with van der Waals surface area (Å²) >= 11 is 0. The Morgan fingerprint density at radius 1 is 1.40 bits per heavy atom. The number of benzene rings is 1. The summed E-state index contributed by atoms with van der Waals surface area (Å²) in [6.45, 7) is 5.67. The molecule has 0 aromatic heterocycles. The van der Waals surface area contributed by atoms with Crippen molar-refractivity contribution in [2.24, 2.45) is 5.84 Å². The first-order chi connectivity index (χ1) is 7.04. The van der Waals surface area contributed by atoms with Crippen LogP contribution in [0.5, 0.6) is 5.75 Å². The van der Waals surface area contributed by atoms with Crippen LogP contribution in [0.1, 0.15) is 18.1 Å². The lowest BCUT2D eigenvalue weighted by atomic mass is 10.1. The van der Waals surface area contributed by atoms with Crippen molar-refractivity contribution >= 4 is 5.91 Å². The molecule has 0 radical (unpaired) electrons. The molecule has 1 amide bonds. The first kappa shape index (κ1) is 11.5. The maximum Gasteiger partial charge on any atom is 0.274 e. The SMILES string of the molecule is Cc1ccc(O[C@H](C)C(=O)NN)cc1C. The van der Waals surface area contributed by atoms with Crippen molar-refractivity contribution in [2.75, 3.05) is 0 Å². The summed E-state index contributed by atoms with van der Waals surface area (Å²) in [6.07, 6.45) is -0.586. The number of ether oxygens (including phenoxy) is 1. The predicted molar refractivity (Wildman–Crippen MR) is 58.3 cm³/mol. The summed E-state index contributed by atoms with van der Waals surface area (Å²) in [5, 5.41) is 0. The van der Waals surface area contributed by atoms with E-state index < -0.39 is 6.10 Å². The number of amides is 1. The Morgan fingerprint density at radius 2 is 2.07 bits per heavy atom. The van der Waals surface area contributed by atoms with Crippen LogP contribution in [0.25, 0.3) is 0 Å². The molecular formula is C11H16N2O2. The van der Waals surface area contributed by atoms with Crippen LogP contribution in [0.3, 0.4) is 0 Å². The lowest BCUT2D eigenvalue weighted by Crippen LogP contribution is -2.40. The smallest absolute Gasteiger partial charge is 0.274 e. The number of hydrazine groups is 1. The molecule has 0 fully saturated rings. The average Bonchev–Trinajstić information content (AvgIpc) is 2.22. The van der Waals surface area contributed by atoms with E-state index in [4.69, 9.17) is 10.6 Å². The third-order valence-corrected chi connectivity index (χ3v) is 2.30. The van der Waals surface area contributed by atoms with Crippen molar-refractivity contribution < 1.29 is 9.53 Å². The Bertz CT molecular complexity index is 364. The van der Waals surface area contributed by atoms with Gasteiger partial charge in [0.2, 0.25) is 0 Å². The maximum absolute atomic E-state index is 11.1. The van der Waals surface area contributed by atoms with E-state index >= 15 is 0 Å². The highest BCUT2D eigenvalue weighted by molar-refractivity contribution is 5.80. The van der Waals surface area contributed by atoms with Crippen LogP contribution in [0.2, 0.25) is 0 Å². The van der Waals surface area contributed by atoms with Gasteiger partial charge in [-0.3, -0.25) is 10.2 Å². The van der Waals surface area contributed by atoms with Gasteiger partial charge < -0.3 is 4.74 Å². The summed E-state index contributed by atoms with van der Waals surface area (Å²) in [4.78, 5) is 11.1. The van der Waals surface area contributed by atoms with Crippen molar-refractivity contribution in [3.05, 3.63) is 29.3 Å². The third-order valence-electron chi connectivity index (χ3n) is 2.30. The lowest BCUT2D eigenvalue weighted by molar-refractivity contribution is -0.127. The minimum Gasteiger partial charge on any atom is -0.481 e. The Labute approximate surface area is 89.4 Å². The number of aryl methyl sites for hydroxylation is 2. The van der Waals surface area contributed by atoms with Crippen LogP contribution < -0.4 is 16.0 Å². The van der Waals surface area contributed by atoms with E-state index in [1.54, 1.807) is 6.92 Å². The molecule has 1 aromatic rings. The first-order valence-electron chi connectivity index (χ1n) is 4.79. The Morgan fingerprint density at radius 3 is 2.60 bits per heavy atom. The van der Waals surface area contributed by atoms with E-state index in [9.17, 15) is 4.79 Å². The van der Waals surface area contributed by atoms with E-state index in [2.05, 4.69) is 0 Å². The number of carbonyl (C=O) groups excluding carboxylic acids is 1. The molecule has 0 unspecified atom stereocenters. The van der Waals surface area contributed by atoms with Gasteiger partial charge in [0.15, 0.2) is 6.10 Å². The summed E-state index contributed by atoms with van der Waals surface area (Å²) in [6, 6.07) is 5.69. The highest BCUT2D eigenvalue weighted by Gasteiger charge is 2.12. The van der Waals surface area contributed by atoms with Gasteiger partial charge >= 0.3 is 0 Å². The molecule has 82 valence electrons. The first-order valence-corrected chi connectivity index (χ1v) is 4.79. The van der Waals surface area contributed by atoms with Crippen molar-refractivity contribution in [3.8, 4) is 5.75 Å². The van der Waals surface area contributed by atoms with E-state index in [1.807, 2.05) is 37.5 Å². The zero-order valence-corrected chi connectivity index (χ0v) is 9.20. The molecule has 0 aliphatic rings. The van der Waals surface area contributed by atoms with Crippen molar-refractivity contribution in [3.63, 3.8) is 0 Å². The monoisotopic (exact) mass is 208 g/mol.